The first kappa shape index (κ1) is 12.9. The van der Waals surface area contributed by atoms with E-state index in [1.807, 2.05) is 0 Å². The number of nitro groups is 1. The lowest BCUT2D eigenvalue weighted by atomic mass is 10.3. The molecule has 6 nitrogen and oxygen atoms in total. The first-order valence-electron chi connectivity index (χ1n) is 6.22. The van der Waals surface area contributed by atoms with Gasteiger partial charge in [0, 0.05) is 18.2 Å². The number of hydrogen-bond acceptors (Lipinski definition) is 4. The quantitative estimate of drug-likeness (QED) is 0.626. The normalized spacial score (nSPS) is 14.2. The first-order valence-corrected chi connectivity index (χ1v) is 6.60. The van der Waals surface area contributed by atoms with E-state index >= 15 is 0 Å². The minimum atomic E-state index is -0.520. The average Bonchev–Trinajstić information content (AvgIpc) is 3.15. The van der Waals surface area contributed by atoms with Gasteiger partial charge < -0.3 is 9.30 Å². The predicted molar refractivity (Wildman–Crippen MR) is 72.9 cm³/mol. The standard InChI is InChI=1S/C13H12ClN3O3/c14-12-5-11(3-4-13(12)17(18)19)20-7-10-6-15-8-16(10)9-1-2-9/h3-6,8-9H,1-2,7H2. The molecule has 1 saturated carbocycles. The van der Waals surface area contributed by atoms with Gasteiger partial charge in [-0.3, -0.25) is 10.1 Å². The van der Waals surface area contributed by atoms with Crippen molar-refractivity contribution >= 4 is 17.3 Å². The number of ether oxygens (including phenoxy) is 1. The Kier molecular flexibility index (Phi) is 3.31. The van der Waals surface area contributed by atoms with E-state index in [0.717, 1.165) is 5.69 Å². The van der Waals surface area contributed by atoms with Gasteiger partial charge in [-0.05, 0) is 18.9 Å². The maximum absolute atomic E-state index is 10.7. The van der Waals surface area contributed by atoms with Crippen LogP contribution < -0.4 is 4.74 Å². The Labute approximate surface area is 120 Å². The molecule has 2 aromatic rings. The molecule has 7 heteroatoms. The minimum Gasteiger partial charge on any atom is -0.487 e. The van der Waals surface area contributed by atoms with Crippen LogP contribution in [0.1, 0.15) is 24.6 Å². The van der Waals surface area contributed by atoms with Crippen LogP contribution in [-0.4, -0.2) is 14.5 Å². The molecule has 0 N–H and O–H groups in total. The fraction of sp³-hybridized carbons (Fsp3) is 0.308. The number of imidazole rings is 1. The Morgan fingerprint density at radius 3 is 2.95 bits per heavy atom. The summed E-state index contributed by atoms with van der Waals surface area (Å²) in [7, 11) is 0. The minimum absolute atomic E-state index is 0.0724. The Balaban J connectivity index is 1.70. The first-order chi connectivity index (χ1) is 9.65. The van der Waals surface area contributed by atoms with E-state index in [0.29, 0.717) is 18.4 Å². The van der Waals surface area contributed by atoms with E-state index < -0.39 is 4.92 Å². The molecule has 0 spiro atoms. The summed E-state index contributed by atoms with van der Waals surface area (Å²) in [5.74, 6) is 0.504. The summed E-state index contributed by atoms with van der Waals surface area (Å²) in [5, 5.41) is 10.7. The fourth-order valence-electron chi connectivity index (χ4n) is 2.01. The van der Waals surface area contributed by atoms with Crippen LogP contribution in [0, 0.1) is 10.1 Å². The lowest BCUT2D eigenvalue weighted by molar-refractivity contribution is -0.384. The second-order valence-corrected chi connectivity index (χ2v) is 5.09. The predicted octanol–water partition coefficient (Wildman–Crippen LogP) is 3.36. The molecular formula is C13H12ClN3O3. The van der Waals surface area contributed by atoms with E-state index in [4.69, 9.17) is 16.3 Å². The summed E-state index contributed by atoms with van der Waals surface area (Å²) in [6.45, 7) is 0.366. The number of nitro benzene ring substituents is 1. The van der Waals surface area contributed by atoms with Gasteiger partial charge in [-0.1, -0.05) is 11.6 Å². The fourth-order valence-corrected chi connectivity index (χ4v) is 2.25. The van der Waals surface area contributed by atoms with E-state index in [1.54, 1.807) is 18.6 Å². The maximum atomic E-state index is 10.7. The van der Waals surface area contributed by atoms with Crippen molar-refractivity contribution in [3.63, 3.8) is 0 Å². The van der Waals surface area contributed by atoms with E-state index in [-0.39, 0.29) is 10.7 Å². The van der Waals surface area contributed by atoms with Crippen LogP contribution in [0.3, 0.4) is 0 Å². The summed E-state index contributed by atoms with van der Waals surface area (Å²) < 4.78 is 7.72. The molecule has 1 aromatic heterocycles. The highest BCUT2D eigenvalue weighted by atomic mass is 35.5. The molecule has 0 aliphatic heterocycles. The molecular weight excluding hydrogens is 282 g/mol. The molecule has 104 valence electrons. The average molecular weight is 294 g/mol. The van der Waals surface area contributed by atoms with Crippen molar-refractivity contribution in [1.29, 1.82) is 0 Å². The summed E-state index contributed by atoms with van der Waals surface area (Å²) in [5.41, 5.74) is 0.865. The number of rotatable bonds is 5. The van der Waals surface area contributed by atoms with Crippen molar-refractivity contribution in [2.75, 3.05) is 0 Å². The molecule has 0 unspecified atom stereocenters. The monoisotopic (exact) mass is 293 g/mol. The topological polar surface area (TPSA) is 70.2 Å². The van der Waals surface area contributed by atoms with Gasteiger partial charge >= 0.3 is 0 Å². The summed E-state index contributed by atoms with van der Waals surface area (Å²) in [6.07, 6.45) is 5.92. The van der Waals surface area contributed by atoms with Crippen molar-refractivity contribution in [1.82, 2.24) is 9.55 Å². The van der Waals surface area contributed by atoms with Gasteiger partial charge in [0.1, 0.15) is 17.4 Å². The van der Waals surface area contributed by atoms with Crippen LogP contribution in [0.5, 0.6) is 5.75 Å². The van der Waals surface area contributed by atoms with Crippen molar-refractivity contribution in [3.8, 4) is 5.75 Å². The van der Waals surface area contributed by atoms with Gasteiger partial charge in [0.2, 0.25) is 0 Å². The van der Waals surface area contributed by atoms with Crippen LogP contribution >= 0.6 is 11.6 Å². The maximum Gasteiger partial charge on any atom is 0.288 e. The molecule has 0 saturated heterocycles. The Morgan fingerprint density at radius 2 is 2.30 bits per heavy atom. The van der Waals surface area contributed by atoms with Crippen LogP contribution in [0.25, 0.3) is 0 Å². The van der Waals surface area contributed by atoms with Crippen molar-refractivity contribution < 1.29 is 9.66 Å². The lowest BCUT2D eigenvalue weighted by Gasteiger charge is -2.09. The number of benzene rings is 1. The third-order valence-electron chi connectivity index (χ3n) is 3.19. The highest BCUT2D eigenvalue weighted by molar-refractivity contribution is 6.32. The number of nitrogens with zero attached hydrogens (tertiary/aromatic N) is 3. The van der Waals surface area contributed by atoms with Crippen molar-refractivity contribution in [3.05, 3.63) is 51.6 Å². The highest BCUT2D eigenvalue weighted by Gasteiger charge is 2.25. The molecule has 1 aromatic carbocycles. The number of hydrogen-bond donors (Lipinski definition) is 0. The van der Waals surface area contributed by atoms with Crippen LogP contribution in [0.2, 0.25) is 5.02 Å². The third-order valence-corrected chi connectivity index (χ3v) is 3.49. The molecule has 0 amide bonds. The summed E-state index contributed by atoms with van der Waals surface area (Å²) in [4.78, 5) is 14.3. The zero-order chi connectivity index (χ0) is 14.1. The van der Waals surface area contributed by atoms with Gasteiger partial charge in [-0.25, -0.2) is 4.98 Å². The smallest absolute Gasteiger partial charge is 0.288 e. The van der Waals surface area contributed by atoms with E-state index in [2.05, 4.69) is 9.55 Å². The van der Waals surface area contributed by atoms with Gasteiger partial charge in [0.05, 0.1) is 23.1 Å². The molecule has 1 aliphatic carbocycles. The van der Waals surface area contributed by atoms with Gasteiger partial charge in [-0.15, -0.1) is 0 Å². The Bertz CT molecular complexity index is 652. The Morgan fingerprint density at radius 1 is 1.50 bits per heavy atom. The zero-order valence-corrected chi connectivity index (χ0v) is 11.3. The summed E-state index contributed by atoms with van der Waals surface area (Å²) >= 11 is 5.84. The van der Waals surface area contributed by atoms with Gasteiger partial charge in [0.15, 0.2) is 0 Å². The van der Waals surface area contributed by atoms with Crippen LogP contribution in [0.4, 0.5) is 5.69 Å². The van der Waals surface area contributed by atoms with E-state index in [9.17, 15) is 10.1 Å². The van der Waals surface area contributed by atoms with Gasteiger partial charge in [-0.2, -0.15) is 0 Å². The van der Waals surface area contributed by atoms with Crippen LogP contribution in [-0.2, 0) is 6.61 Å². The third kappa shape index (κ3) is 2.60. The lowest BCUT2D eigenvalue weighted by Crippen LogP contribution is -2.03. The molecule has 0 atom stereocenters. The van der Waals surface area contributed by atoms with E-state index in [1.165, 1.54) is 25.0 Å². The number of aromatic nitrogens is 2. The molecule has 1 heterocycles. The molecule has 20 heavy (non-hydrogen) atoms. The zero-order valence-electron chi connectivity index (χ0n) is 10.5. The molecule has 0 bridgehead atoms. The highest BCUT2D eigenvalue weighted by Crippen LogP contribution is 2.36. The Hall–Kier alpha value is -2.08. The number of halogens is 1. The van der Waals surface area contributed by atoms with Crippen molar-refractivity contribution in [2.45, 2.75) is 25.5 Å². The molecule has 3 rings (SSSR count). The molecule has 1 aliphatic rings. The second kappa shape index (κ2) is 5.13. The molecule has 1 fully saturated rings. The second-order valence-electron chi connectivity index (χ2n) is 4.68. The SMILES string of the molecule is O=[N+]([O-])c1ccc(OCc2cncn2C2CC2)cc1Cl. The largest absolute Gasteiger partial charge is 0.487 e. The summed E-state index contributed by atoms with van der Waals surface area (Å²) in [6, 6.07) is 4.88. The molecule has 0 radical (unpaired) electrons. The van der Waals surface area contributed by atoms with Crippen molar-refractivity contribution in [2.24, 2.45) is 0 Å². The van der Waals surface area contributed by atoms with Crippen LogP contribution in [0.15, 0.2) is 30.7 Å². The van der Waals surface area contributed by atoms with Gasteiger partial charge in [0.25, 0.3) is 5.69 Å².